The van der Waals surface area contributed by atoms with Crippen LogP contribution in [0, 0.1) is 5.82 Å². The molecule has 0 saturated heterocycles. The van der Waals surface area contributed by atoms with E-state index >= 15 is 0 Å². The fourth-order valence-electron chi connectivity index (χ4n) is 1.42. The maximum atomic E-state index is 12.7. The van der Waals surface area contributed by atoms with Crippen LogP contribution in [-0.2, 0) is 14.8 Å². The van der Waals surface area contributed by atoms with E-state index in [0.29, 0.717) is 0 Å². The van der Waals surface area contributed by atoms with Crippen LogP contribution in [0.2, 0.25) is 0 Å². The molecule has 1 N–H and O–H groups in total. The molecule has 0 aliphatic carbocycles. The summed E-state index contributed by atoms with van der Waals surface area (Å²) in [5.41, 5.74) is 0. The van der Waals surface area contributed by atoms with Crippen LogP contribution >= 0.6 is 0 Å². The van der Waals surface area contributed by atoms with Crippen LogP contribution in [0.3, 0.4) is 0 Å². The standard InChI is InChI=1S/C11H14FNO4S/c1-2-13(8-7-11(14)15)18(16,17)10-5-3-9(12)4-6-10/h3-6H,2,7-8H2,1H3,(H,14,15). The maximum absolute atomic E-state index is 12.7. The lowest BCUT2D eigenvalue weighted by Gasteiger charge is -2.19. The fourth-order valence-corrected chi connectivity index (χ4v) is 2.87. The van der Waals surface area contributed by atoms with E-state index in [2.05, 4.69) is 0 Å². The number of hydrogen-bond donors (Lipinski definition) is 1. The van der Waals surface area contributed by atoms with E-state index in [-0.39, 0.29) is 24.4 Å². The largest absolute Gasteiger partial charge is 0.481 e. The van der Waals surface area contributed by atoms with Gasteiger partial charge < -0.3 is 5.11 Å². The number of aliphatic carboxylic acids is 1. The third-order valence-electron chi connectivity index (χ3n) is 2.38. The zero-order valence-electron chi connectivity index (χ0n) is 9.84. The Bertz CT molecular complexity index is 512. The van der Waals surface area contributed by atoms with Gasteiger partial charge in [0.05, 0.1) is 11.3 Å². The molecule has 0 aliphatic heterocycles. The van der Waals surface area contributed by atoms with Crippen molar-refractivity contribution >= 4 is 16.0 Å². The lowest BCUT2D eigenvalue weighted by atomic mass is 10.4. The fraction of sp³-hybridized carbons (Fsp3) is 0.364. The highest BCUT2D eigenvalue weighted by Gasteiger charge is 2.23. The smallest absolute Gasteiger partial charge is 0.304 e. The Labute approximate surface area is 105 Å². The van der Waals surface area contributed by atoms with Gasteiger partial charge >= 0.3 is 5.97 Å². The van der Waals surface area contributed by atoms with E-state index in [1.807, 2.05) is 0 Å². The van der Waals surface area contributed by atoms with Gasteiger partial charge in [0.1, 0.15) is 5.82 Å². The number of sulfonamides is 1. The first-order valence-electron chi connectivity index (χ1n) is 5.35. The highest BCUT2D eigenvalue weighted by molar-refractivity contribution is 7.89. The van der Waals surface area contributed by atoms with Gasteiger partial charge in [-0.15, -0.1) is 0 Å². The molecular weight excluding hydrogens is 261 g/mol. The number of carboxylic acid groups (broad SMARTS) is 1. The van der Waals surface area contributed by atoms with Crippen LogP contribution in [0.4, 0.5) is 4.39 Å². The molecule has 0 unspecified atom stereocenters. The van der Waals surface area contributed by atoms with E-state index in [0.717, 1.165) is 28.6 Å². The summed E-state index contributed by atoms with van der Waals surface area (Å²) in [6.07, 6.45) is -0.270. The summed E-state index contributed by atoms with van der Waals surface area (Å²) in [5, 5.41) is 8.56. The minimum atomic E-state index is -3.76. The second-order valence-corrected chi connectivity index (χ2v) is 5.53. The van der Waals surface area contributed by atoms with Crippen molar-refractivity contribution in [2.75, 3.05) is 13.1 Å². The highest BCUT2D eigenvalue weighted by atomic mass is 32.2. The minimum Gasteiger partial charge on any atom is -0.481 e. The van der Waals surface area contributed by atoms with Gasteiger partial charge in [0.15, 0.2) is 0 Å². The Hall–Kier alpha value is -1.47. The van der Waals surface area contributed by atoms with Crippen molar-refractivity contribution in [2.24, 2.45) is 0 Å². The van der Waals surface area contributed by atoms with Crippen LogP contribution < -0.4 is 0 Å². The number of carbonyl (C=O) groups is 1. The van der Waals surface area contributed by atoms with E-state index in [1.54, 1.807) is 6.92 Å². The first kappa shape index (κ1) is 14.6. The number of rotatable bonds is 6. The van der Waals surface area contributed by atoms with Crippen molar-refractivity contribution in [1.82, 2.24) is 4.31 Å². The molecule has 0 radical (unpaired) electrons. The number of halogens is 1. The topological polar surface area (TPSA) is 74.7 Å². The molecule has 0 saturated carbocycles. The summed E-state index contributed by atoms with van der Waals surface area (Å²) in [4.78, 5) is 10.4. The molecule has 0 amide bonds. The Morgan fingerprint density at radius 1 is 1.33 bits per heavy atom. The van der Waals surface area contributed by atoms with Crippen molar-refractivity contribution in [3.63, 3.8) is 0 Å². The van der Waals surface area contributed by atoms with Gasteiger partial charge in [-0.05, 0) is 24.3 Å². The van der Waals surface area contributed by atoms with Gasteiger partial charge in [-0.2, -0.15) is 4.31 Å². The lowest BCUT2D eigenvalue weighted by Crippen LogP contribution is -2.32. The lowest BCUT2D eigenvalue weighted by molar-refractivity contribution is -0.137. The Morgan fingerprint density at radius 3 is 2.33 bits per heavy atom. The molecule has 0 atom stereocenters. The molecule has 7 heteroatoms. The van der Waals surface area contributed by atoms with E-state index in [1.165, 1.54) is 0 Å². The number of benzene rings is 1. The minimum absolute atomic E-state index is 0.0452. The van der Waals surface area contributed by atoms with E-state index in [4.69, 9.17) is 5.11 Å². The quantitative estimate of drug-likeness (QED) is 0.849. The Morgan fingerprint density at radius 2 is 1.89 bits per heavy atom. The van der Waals surface area contributed by atoms with Gasteiger partial charge in [-0.3, -0.25) is 4.79 Å². The molecule has 0 fully saturated rings. The second-order valence-electron chi connectivity index (χ2n) is 3.59. The van der Waals surface area contributed by atoms with Gasteiger partial charge in [-0.25, -0.2) is 12.8 Å². The van der Waals surface area contributed by atoms with Crippen LogP contribution in [0.15, 0.2) is 29.2 Å². The first-order valence-corrected chi connectivity index (χ1v) is 6.79. The zero-order chi connectivity index (χ0) is 13.8. The zero-order valence-corrected chi connectivity index (χ0v) is 10.7. The predicted octanol–water partition coefficient (Wildman–Crippen LogP) is 1.31. The SMILES string of the molecule is CCN(CCC(=O)O)S(=O)(=O)c1ccc(F)cc1. The molecule has 0 aromatic heterocycles. The molecular formula is C11H14FNO4S. The van der Waals surface area contributed by atoms with Gasteiger partial charge in [-0.1, -0.05) is 6.92 Å². The average Bonchev–Trinajstić information content (AvgIpc) is 2.29. The molecule has 0 spiro atoms. The van der Waals surface area contributed by atoms with Gasteiger partial charge in [0.2, 0.25) is 10.0 Å². The molecule has 1 aromatic carbocycles. The normalized spacial score (nSPS) is 11.7. The van der Waals surface area contributed by atoms with Gasteiger partial charge in [0.25, 0.3) is 0 Å². The molecule has 1 rings (SSSR count). The summed E-state index contributed by atoms with van der Waals surface area (Å²) in [5.74, 6) is -1.59. The molecule has 0 aliphatic rings. The molecule has 100 valence electrons. The summed E-state index contributed by atoms with van der Waals surface area (Å²) in [7, 11) is -3.76. The summed E-state index contributed by atoms with van der Waals surface area (Å²) in [6.45, 7) is 1.67. The highest BCUT2D eigenvalue weighted by Crippen LogP contribution is 2.16. The molecule has 0 heterocycles. The van der Waals surface area contributed by atoms with Crippen LogP contribution in [0.25, 0.3) is 0 Å². The van der Waals surface area contributed by atoms with Crippen LogP contribution in [0.1, 0.15) is 13.3 Å². The predicted molar refractivity (Wildman–Crippen MR) is 63.1 cm³/mol. The molecule has 0 bridgehead atoms. The number of hydrogen-bond acceptors (Lipinski definition) is 3. The average molecular weight is 275 g/mol. The summed E-state index contributed by atoms with van der Waals surface area (Å²) in [6, 6.07) is 4.43. The first-order chi connectivity index (χ1) is 8.37. The molecule has 18 heavy (non-hydrogen) atoms. The number of carboxylic acids is 1. The third kappa shape index (κ3) is 3.51. The van der Waals surface area contributed by atoms with Crippen molar-refractivity contribution in [1.29, 1.82) is 0 Å². The molecule has 5 nitrogen and oxygen atoms in total. The van der Waals surface area contributed by atoms with Crippen molar-refractivity contribution in [3.05, 3.63) is 30.1 Å². The Balaban J connectivity index is 2.95. The van der Waals surface area contributed by atoms with Crippen LogP contribution in [0.5, 0.6) is 0 Å². The van der Waals surface area contributed by atoms with Gasteiger partial charge in [0, 0.05) is 13.1 Å². The van der Waals surface area contributed by atoms with Crippen molar-refractivity contribution < 1.29 is 22.7 Å². The number of nitrogens with zero attached hydrogens (tertiary/aromatic N) is 1. The molecule has 1 aromatic rings. The maximum Gasteiger partial charge on any atom is 0.304 e. The summed E-state index contributed by atoms with van der Waals surface area (Å²) < 4.78 is 38.0. The van der Waals surface area contributed by atoms with Crippen molar-refractivity contribution in [3.8, 4) is 0 Å². The summed E-state index contributed by atoms with van der Waals surface area (Å²) >= 11 is 0. The second kappa shape index (κ2) is 5.92. The van der Waals surface area contributed by atoms with E-state index < -0.39 is 21.8 Å². The Kier molecular flexibility index (Phi) is 4.80. The third-order valence-corrected chi connectivity index (χ3v) is 4.37. The van der Waals surface area contributed by atoms with Crippen molar-refractivity contribution in [2.45, 2.75) is 18.2 Å². The van der Waals surface area contributed by atoms with E-state index in [9.17, 15) is 17.6 Å². The van der Waals surface area contributed by atoms with Crippen LogP contribution in [-0.4, -0.2) is 36.9 Å². The monoisotopic (exact) mass is 275 g/mol.